The number of aryl methyl sites for hydroxylation is 1. The van der Waals surface area contributed by atoms with Crippen molar-refractivity contribution in [2.24, 2.45) is 0 Å². The Morgan fingerprint density at radius 3 is 2.14 bits per heavy atom. The Morgan fingerprint density at radius 2 is 1.68 bits per heavy atom. The Kier molecular flexibility index (Phi) is 6.96. The van der Waals surface area contributed by atoms with Crippen molar-refractivity contribution in [2.75, 3.05) is 13.1 Å². The van der Waals surface area contributed by atoms with Crippen LogP contribution in [0, 0.1) is 17.0 Å². The molecule has 0 aromatic heterocycles. The first kappa shape index (κ1) is 18.6. The van der Waals surface area contributed by atoms with Gasteiger partial charge in [0.25, 0.3) is 5.69 Å². The third-order valence-corrected chi connectivity index (χ3v) is 5.43. The number of nitrogens with zero attached hydrogens (tertiary/aromatic N) is 2. The van der Waals surface area contributed by atoms with Crippen LogP contribution >= 0.6 is 0 Å². The molecule has 1 aromatic rings. The van der Waals surface area contributed by atoms with Crippen molar-refractivity contribution in [2.45, 2.75) is 51.3 Å². The maximum atomic E-state index is 12.7. The summed E-state index contributed by atoms with van der Waals surface area (Å²) in [4.78, 5) is 10.5. The van der Waals surface area contributed by atoms with Crippen molar-refractivity contribution in [3.63, 3.8) is 0 Å². The van der Waals surface area contributed by atoms with E-state index in [2.05, 4.69) is 0 Å². The van der Waals surface area contributed by atoms with Gasteiger partial charge in [-0.2, -0.15) is 4.31 Å². The number of unbranched alkanes of at least 4 members (excludes halogenated alkanes) is 2. The second kappa shape index (κ2) is 8.24. The van der Waals surface area contributed by atoms with E-state index in [0.29, 0.717) is 18.7 Å². The molecule has 0 bridgehead atoms. The van der Waals surface area contributed by atoms with Crippen LogP contribution in [0.4, 0.5) is 5.69 Å². The fraction of sp³-hybridized carbons (Fsp3) is 0.600. The first-order chi connectivity index (χ1) is 10.3. The molecule has 6 nitrogen and oxygen atoms in total. The molecule has 0 atom stereocenters. The van der Waals surface area contributed by atoms with Gasteiger partial charge in [-0.15, -0.1) is 0 Å². The van der Waals surface area contributed by atoms with Crippen LogP contribution in [-0.2, 0) is 10.0 Å². The van der Waals surface area contributed by atoms with Crippen molar-refractivity contribution in [3.8, 4) is 0 Å². The van der Waals surface area contributed by atoms with Crippen LogP contribution in [0.25, 0.3) is 0 Å². The van der Waals surface area contributed by atoms with Gasteiger partial charge in [-0.25, -0.2) is 8.42 Å². The van der Waals surface area contributed by atoms with Crippen LogP contribution in [0.2, 0.25) is 0 Å². The normalized spacial score (nSPS) is 11.8. The highest BCUT2D eigenvalue weighted by molar-refractivity contribution is 7.89. The van der Waals surface area contributed by atoms with Gasteiger partial charge in [0.1, 0.15) is 0 Å². The van der Waals surface area contributed by atoms with Crippen molar-refractivity contribution in [1.29, 1.82) is 0 Å². The first-order valence-corrected chi connectivity index (χ1v) is 9.03. The molecule has 1 aromatic carbocycles. The molecule has 7 heteroatoms. The maximum Gasteiger partial charge on any atom is 0.273 e. The van der Waals surface area contributed by atoms with Gasteiger partial charge in [0.2, 0.25) is 10.0 Å². The molecule has 0 heterocycles. The molecule has 0 fully saturated rings. The average Bonchev–Trinajstić information content (AvgIpc) is 2.47. The van der Waals surface area contributed by atoms with Crippen molar-refractivity contribution in [3.05, 3.63) is 33.9 Å². The molecule has 0 saturated carbocycles. The maximum absolute atomic E-state index is 12.7. The Labute approximate surface area is 132 Å². The molecule has 0 amide bonds. The smallest absolute Gasteiger partial charge is 0.258 e. The van der Waals surface area contributed by atoms with Gasteiger partial charge in [0, 0.05) is 24.7 Å². The molecule has 0 aliphatic heterocycles. The lowest BCUT2D eigenvalue weighted by atomic mass is 10.2. The van der Waals surface area contributed by atoms with E-state index in [9.17, 15) is 18.5 Å². The van der Waals surface area contributed by atoms with Crippen LogP contribution in [0.15, 0.2) is 23.1 Å². The molecule has 0 spiro atoms. The summed E-state index contributed by atoms with van der Waals surface area (Å²) in [7, 11) is -3.69. The van der Waals surface area contributed by atoms with E-state index in [4.69, 9.17) is 0 Å². The van der Waals surface area contributed by atoms with Gasteiger partial charge in [-0.3, -0.25) is 10.1 Å². The number of hydrogen-bond acceptors (Lipinski definition) is 4. The Morgan fingerprint density at radius 1 is 1.14 bits per heavy atom. The monoisotopic (exact) mass is 328 g/mol. The number of nitro groups is 1. The van der Waals surface area contributed by atoms with Gasteiger partial charge >= 0.3 is 0 Å². The van der Waals surface area contributed by atoms with Gasteiger partial charge in [-0.05, 0) is 25.8 Å². The molecule has 0 N–H and O–H groups in total. The van der Waals surface area contributed by atoms with E-state index in [0.717, 1.165) is 31.7 Å². The second-order valence-corrected chi connectivity index (χ2v) is 7.25. The fourth-order valence-corrected chi connectivity index (χ4v) is 3.65. The number of rotatable bonds is 9. The summed E-state index contributed by atoms with van der Waals surface area (Å²) < 4.78 is 26.9. The summed E-state index contributed by atoms with van der Waals surface area (Å²) in [6.07, 6.45) is 3.34. The van der Waals surface area contributed by atoms with Gasteiger partial charge in [0.05, 0.1) is 9.82 Å². The molecular weight excluding hydrogens is 304 g/mol. The molecule has 1 rings (SSSR count). The summed E-state index contributed by atoms with van der Waals surface area (Å²) >= 11 is 0. The second-order valence-electron chi connectivity index (χ2n) is 5.32. The SMILES string of the molecule is CCCCN(CCCC)S(=O)(=O)c1ccc(C)c([N+](=O)[O-])c1. The molecule has 0 aliphatic rings. The molecule has 0 radical (unpaired) electrons. The standard InChI is InChI=1S/C15H24N2O4S/c1-4-6-10-16(11-7-5-2)22(20,21)14-9-8-13(3)15(12-14)17(18)19/h8-9,12H,4-7,10-11H2,1-3H3. The third kappa shape index (κ3) is 4.51. The zero-order valence-electron chi connectivity index (χ0n) is 13.4. The van der Waals surface area contributed by atoms with Gasteiger partial charge in [-0.1, -0.05) is 32.8 Å². The van der Waals surface area contributed by atoms with E-state index in [-0.39, 0.29) is 10.6 Å². The van der Waals surface area contributed by atoms with Crippen LogP contribution < -0.4 is 0 Å². The molecule has 0 saturated heterocycles. The van der Waals surface area contributed by atoms with E-state index in [1.165, 1.54) is 16.4 Å². The summed E-state index contributed by atoms with van der Waals surface area (Å²) in [6.45, 7) is 6.49. The van der Waals surface area contributed by atoms with Crippen LogP contribution in [0.1, 0.15) is 45.1 Å². The minimum atomic E-state index is -3.69. The Bertz CT molecular complexity index is 606. The summed E-state index contributed by atoms with van der Waals surface area (Å²) in [5, 5.41) is 11.0. The third-order valence-electron chi connectivity index (χ3n) is 3.54. The summed E-state index contributed by atoms with van der Waals surface area (Å²) in [5.41, 5.74) is 0.296. The minimum Gasteiger partial charge on any atom is -0.258 e. The molecule has 0 unspecified atom stereocenters. The number of sulfonamides is 1. The number of benzene rings is 1. The van der Waals surface area contributed by atoms with Gasteiger partial charge < -0.3 is 0 Å². The highest BCUT2D eigenvalue weighted by atomic mass is 32.2. The van der Waals surface area contributed by atoms with Gasteiger partial charge in [0.15, 0.2) is 0 Å². The van der Waals surface area contributed by atoms with Crippen LogP contribution in [0.5, 0.6) is 0 Å². The number of hydrogen-bond donors (Lipinski definition) is 0. The minimum absolute atomic E-state index is 0.00277. The van der Waals surface area contributed by atoms with Crippen molar-refractivity contribution in [1.82, 2.24) is 4.31 Å². The average molecular weight is 328 g/mol. The fourth-order valence-electron chi connectivity index (χ4n) is 2.12. The van der Waals surface area contributed by atoms with E-state index in [1.807, 2.05) is 13.8 Å². The molecular formula is C15H24N2O4S. The van der Waals surface area contributed by atoms with E-state index in [1.54, 1.807) is 6.92 Å². The van der Waals surface area contributed by atoms with E-state index < -0.39 is 14.9 Å². The van der Waals surface area contributed by atoms with Crippen molar-refractivity contribution >= 4 is 15.7 Å². The lowest BCUT2D eigenvalue weighted by molar-refractivity contribution is -0.385. The zero-order valence-corrected chi connectivity index (χ0v) is 14.2. The summed E-state index contributed by atoms with van der Waals surface area (Å²) in [6, 6.07) is 4.10. The largest absolute Gasteiger partial charge is 0.273 e. The lowest BCUT2D eigenvalue weighted by Gasteiger charge is -2.22. The highest BCUT2D eigenvalue weighted by Crippen LogP contribution is 2.25. The van der Waals surface area contributed by atoms with E-state index >= 15 is 0 Å². The molecule has 124 valence electrons. The number of nitro benzene ring substituents is 1. The van der Waals surface area contributed by atoms with Crippen LogP contribution in [0.3, 0.4) is 0 Å². The Balaban J connectivity index is 3.18. The predicted octanol–water partition coefficient (Wildman–Crippen LogP) is 3.49. The molecule has 0 aliphatic carbocycles. The highest BCUT2D eigenvalue weighted by Gasteiger charge is 2.26. The van der Waals surface area contributed by atoms with Crippen LogP contribution in [-0.4, -0.2) is 30.7 Å². The first-order valence-electron chi connectivity index (χ1n) is 7.59. The zero-order chi connectivity index (χ0) is 16.8. The predicted molar refractivity (Wildman–Crippen MR) is 86.4 cm³/mol. The Hall–Kier alpha value is -1.47. The van der Waals surface area contributed by atoms with Crippen molar-refractivity contribution < 1.29 is 13.3 Å². The quantitative estimate of drug-likeness (QED) is 0.513. The molecule has 22 heavy (non-hydrogen) atoms. The topological polar surface area (TPSA) is 80.5 Å². The summed E-state index contributed by atoms with van der Waals surface area (Å²) in [5.74, 6) is 0. The lowest BCUT2D eigenvalue weighted by Crippen LogP contribution is -2.33.